The molecule has 2 rings (SSSR count). The molecule has 7 heteroatoms. The first-order valence-corrected chi connectivity index (χ1v) is 6.44. The fraction of sp³-hybridized carbons (Fsp3) is 0.250. The Balaban J connectivity index is 2.30. The number of nitrogens with zero attached hydrogens (tertiary/aromatic N) is 2. The van der Waals surface area contributed by atoms with E-state index in [1.165, 1.54) is 22.2 Å². The van der Waals surface area contributed by atoms with E-state index in [9.17, 15) is 9.59 Å². The van der Waals surface area contributed by atoms with Gasteiger partial charge in [0, 0.05) is 29.9 Å². The molecular weight excluding hydrogens is 268 g/mol. The van der Waals surface area contributed by atoms with E-state index in [4.69, 9.17) is 9.84 Å². The van der Waals surface area contributed by atoms with Crippen LogP contribution in [-0.4, -0.2) is 20.6 Å². The normalized spacial score (nSPS) is 10.7. The van der Waals surface area contributed by atoms with E-state index in [-0.39, 0.29) is 22.4 Å². The lowest BCUT2D eigenvalue weighted by Crippen LogP contribution is -2.23. The maximum Gasteiger partial charge on any atom is 0.346 e. The summed E-state index contributed by atoms with van der Waals surface area (Å²) < 4.78 is 6.83. The first kappa shape index (κ1) is 13.3. The topological polar surface area (TPSA) is 81.4 Å². The maximum atomic E-state index is 12.0. The van der Waals surface area contributed by atoms with Crippen LogP contribution in [-0.2, 0) is 0 Å². The van der Waals surface area contributed by atoms with E-state index >= 15 is 0 Å². The molecule has 0 amide bonds. The second-order valence-corrected chi connectivity index (χ2v) is 5.00. The molecule has 1 N–H and O–H groups in total. The van der Waals surface area contributed by atoms with Gasteiger partial charge in [0.15, 0.2) is 0 Å². The molecule has 6 nitrogen and oxygen atoms in total. The van der Waals surface area contributed by atoms with Crippen molar-refractivity contribution in [2.75, 3.05) is 0 Å². The number of rotatable bonds is 4. The van der Waals surface area contributed by atoms with Gasteiger partial charge in [-0.2, -0.15) is 0 Å². The van der Waals surface area contributed by atoms with Gasteiger partial charge in [-0.1, -0.05) is 0 Å². The van der Waals surface area contributed by atoms with Crippen molar-refractivity contribution in [1.29, 1.82) is 0 Å². The predicted molar refractivity (Wildman–Crippen MR) is 70.2 cm³/mol. The SMILES string of the molecule is CC(C)n1ccnc(Oc2csc(C(=O)O)c2)c1=O. The van der Waals surface area contributed by atoms with Crippen molar-refractivity contribution < 1.29 is 14.6 Å². The largest absolute Gasteiger partial charge is 0.477 e. The van der Waals surface area contributed by atoms with Gasteiger partial charge in [0.25, 0.3) is 5.88 Å². The highest BCUT2D eigenvalue weighted by Gasteiger charge is 2.12. The van der Waals surface area contributed by atoms with Crippen LogP contribution in [0.15, 0.2) is 28.6 Å². The highest BCUT2D eigenvalue weighted by Crippen LogP contribution is 2.24. The Labute approximate surface area is 112 Å². The first-order valence-electron chi connectivity index (χ1n) is 5.56. The first-order chi connectivity index (χ1) is 8.99. The minimum Gasteiger partial charge on any atom is -0.477 e. The van der Waals surface area contributed by atoms with E-state index < -0.39 is 5.97 Å². The van der Waals surface area contributed by atoms with Gasteiger partial charge in [-0.25, -0.2) is 9.78 Å². The van der Waals surface area contributed by atoms with Crippen molar-refractivity contribution in [1.82, 2.24) is 9.55 Å². The predicted octanol–water partition coefficient (Wildman–Crippen LogP) is 2.38. The van der Waals surface area contributed by atoms with Crippen molar-refractivity contribution in [2.45, 2.75) is 19.9 Å². The van der Waals surface area contributed by atoms with Crippen LogP contribution in [0.4, 0.5) is 0 Å². The van der Waals surface area contributed by atoms with Gasteiger partial charge in [0.1, 0.15) is 10.6 Å². The van der Waals surface area contributed by atoms with Crippen LogP contribution in [0.2, 0.25) is 0 Å². The summed E-state index contributed by atoms with van der Waals surface area (Å²) in [5.41, 5.74) is -0.347. The zero-order valence-electron chi connectivity index (χ0n) is 10.4. The van der Waals surface area contributed by atoms with Crippen LogP contribution in [0.3, 0.4) is 0 Å². The molecule has 0 aliphatic heterocycles. The van der Waals surface area contributed by atoms with Gasteiger partial charge in [0.05, 0.1) is 0 Å². The monoisotopic (exact) mass is 280 g/mol. The van der Waals surface area contributed by atoms with Gasteiger partial charge in [-0.15, -0.1) is 11.3 Å². The van der Waals surface area contributed by atoms with E-state index in [0.717, 1.165) is 11.3 Å². The third-order valence-corrected chi connectivity index (χ3v) is 3.29. The molecule has 0 aromatic carbocycles. The fourth-order valence-electron chi connectivity index (χ4n) is 1.48. The quantitative estimate of drug-likeness (QED) is 0.929. The van der Waals surface area contributed by atoms with Gasteiger partial charge < -0.3 is 14.4 Å². The number of carboxylic acid groups (broad SMARTS) is 1. The van der Waals surface area contributed by atoms with Crippen LogP contribution >= 0.6 is 11.3 Å². The Kier molecular flexibility index (Phi) is 3.66. The van der Waals surface area contributed by atoms with Crippen LogP contribution in [0, 0.1) is 0 Å². The number of hydrogen-bond donors (Lipinski definition) is 1. The smallest absolute Gasteiger partial charge is 0.346 e. The number of carboxylic acids is 1. The maximum absolute atomic E-state index is 12.0. The second-order valence-electron chi connectivity index (χ2n) is 4.09. The molecule has 0 spiro atoms. The molecule has 2 aromatic rings. The third-order valence-electron chi connectivity index (χ3n) is 2.39. The minimum absolute atomic E-state index is 0.00472. The van der Waals surface area contributed by atoms with Crippen molar-refractivity contribution in [3.05, 3.63) is 39.1 Å². The fourth-order valence-corrected chi connectivity index (χ4v) is 2.12. The van der Waals surface area contributed by atoms with Crippen molar-refractivity contribution in [3.8, 4) is 11.6 Å². The Hall–Kier alpha value is -2.15. The van der Waals surface area contributed by atoms with E-state index in [1.807, 2.05) is 13.8 Å². The van der Waals surface area contributed by atoms with Crippen LogP contribution < -0.4 is 10.3 Å². The van der Waals surface area contributed by atoms with Gasteiger partial charge in [-0.3, -0.25) is 4.79 Å². The third kappa shape index (κ3) is 2.82. The molecule has 2 heterocycles. The van der Waals surface area contributed by atoms with E-state index in [2.05, 4.69) is 4.98 Å². The molecule has 0 aliphatic rings. The number of hydrogen-bond acceptors (Lipinski definition) is 5. The minimum atomic E-state index is -1.03. The Morgan fingerprint density at radius 1 is 1.53 bits per heavy atom. The molecule has 100 valence electrons. The molecule has 0 saturated carbocycles. The average molecular weight is 280 g/mol. The van der Waals surface area contributed by atoms with E-state index in [1.54, 1.807) is 6.20 Å². The number of aromatic nitrogens is 2. The number of thiophene rings is 1. The summed E-state index contributed by atoms with van der Waals surface area (Å²) in [5.74, 6) is -0.792. The number of carbonyl (C=O) groups is 1. The number of aromatic carboxylic acids is 1. The average Bonchev–Trinajstić information content (AvgIpc) is 2.80. The van der Waals surface area contributed by atoms with Gasteiger partial charge >= 0.3 is 11.5 Å². The van der Waals surface area contributed by atoms with Gasteiger partial charge in [0.2, 0.25) is 0 Å². The molecule has 2 aromatic heterocycles. The lowest BCUT2D eigenvalue weighted by molar-refractivity contribution is 0.0702. The van der Waals surface area contributed by atoms with Crippen molar-refractivity contribution in [2.24, 2.45) is 0 Å². The molecule has 0 aliphatic carbocycles. The number of ether oxygens (including phenoxy) is 1. The van der Waals surface area contributed by atoms with Crippen LogP contribution in [0.5, 0.6) is 11.6 Å². The Bertz CT molecular complexity index is 660. The summed E-state index contributed by atoms with van der Waals surface area (Å²) in [6, 6.07) is 1.36. The molecular formula is C12H12N2O4S. The molecule has 0 unspecified atom stereocenters. The Morgan fingerprint density at radius 3 is 2.84 bits per heavy atom. The zero-order chi connectivity index (χ0) is 14.0. The lowest BCUT2D eigenvalue weighted by atomic mass is 10.4. The summed E-state index contributed by atoms with van der Waals surface area (Å²) in [5, 5.41) is 10.3. The summed E-state index contributed by atoms with van der Waals surface area (Å²) >= 11 is 1.03. The molecule has 19 heavy (non-hydrogen) atoms. The van der Waals surface area contributed by atoms with Crippen molar-refractivity contribution in [3.63, 3.8) is 0 Å². The highest BCUT2D eigenvalue weighted by atomic mass is 32.1. The van der Waals surface area contributed by atoms with E-state index in [0.29, 0.717) is 5.75 Å². The molecule has 0 radical (unpaired) electrons. The highest BCUT2D eigenvalue weighted by molar-refractivity contribution is 7.12. The van der Waals surface area contributed by atoms with Gasteiger partial charge in [-0.05, 0) is 13.8 Å². The summed E-state index contributed by atoms with van der Waals surface area (Å²) in [4.78, 5) is 26.8. The standard InChI is InChI=1S/C12H12N2O4S/c1-7(2)14-4-3-13-10(11(14)15)18-8-5-9(12(16)17)19-6-8/h3-7H,1-2H3,(H,16,17). The van der Waals surface area contributed by atoms with Crippen LogP contribution in [0.1, 0.15) is 29.6 Å². The molecule has 0 bridgehead atoms. The molecule has 0 atom stereocenters. The molecule has 0 fully saturated rings. The second kappa shape index (κ2) is 5.23. The summed E-state index contributed by atoms with van der Waals surface area (Å²) in [7, 11) is 0. The molecule has 0 saturated heterocycles. The zero-order valence-corrected chi connectivity index (χ0v) is 11.2. The Morgan fingerprint density at radius 2 is 2.26 bits per heavy atom. The lowest BCUT2D eigenvalue weighted by Gasteiger charge is -2.10. The van der Waals surface area contributed by atoms with Crippen molar-refractivity contribution >= 4 is 17.3 Å². The summed E-state index contributed by atoms with van der Waals surface area (Å²) in [6.45, 7) is 3.75. The summed E-state index contributed by atoms with van der Waals surface area (Å²) in [6.07, 6.45) is 3.05. The van der Waals surface area contributed by atoms with Crippen LogP contribution in [0.25, 0.3) is 0 Å².